The summed E-state index contributed by atoms with van der Waals surface area (Å²) in [5.41, 5.74) is 1.16. The van der Waals surface area contributed by atoms with Gasteiger partial charge in [-0.15, -0.1) is 0 Å². The summed E-state index contributed by atoms with van der Waals surface area (Å²) in [4.78, 5) is 11.5. The summed E-state index contributed by atoms with van der Waals surface area (Å²) < 4.78 is 5.52. The summed E-state index contributed by atoms with van der Waals surface area (Å²) in [7, 11) is 0. The van der Waals surface area contributed by atoms with Gasteiger partial charge in [0.15, 0.2) is 0 Å². The minimum absolute atomic E-state index is 0.0586. The fourth-order valence-corrected chi connectivity index (χ4v) is 1.56. The van der Waals surface area contributed by atoms with Crippen LogP contribution in [-0.4, -0.2) is 19.1 Å². The normalized spacial score (nSPS) is 10.4. The topological polar surface area (TPSA) is 38.3 Å². The zero-order chi connectivity index (χ0) is 13.4. The lowest BCUT2D eigenvalue weighted by Gasteiger charge is -2.08. The molecule has 0 heterocycles. The maximum atomic E-state index is 11.5. The Bertz CT molecular complexity index is 375. The fourth-order valence-electron chi connectivity index (χ4n) is 1.56. The van der Waals surface area contributed by atoms with Crippen molar-refractivity contribution >= 4 is 5.91 Å². The summed E-state index contributed by atoms with van der Waals surface area (Å²) >= 11 is 0. The average Bonchev–Trinajstić information content (AvgIpc) is 2.28. The lowest BCUT2D eigenvalue weighted by molar-refractivity contribution is -0.121. The van der Waals surface area contributed by atoms with Gasteiger partial charge in [-0.3, -0.25) is 4.79 Å². The monoisotopic (exact) mass is 249 g/mol. The van der Waals surface area contributed by atoms with Gasteiger partial charge in [-0.1, -0.05) is 26.0 Å². The van der Waals surface area contributed by atoms with Crippen LogP contribution in [-0.2, 0) is 4.79 Å². The third kappa shape index (κ3) is 6.28. The van der Waals surface area contributed by atoms with E-state index in [9.17, 15) is 4.79 Å². The summed E-state index contributed by atoms with van der Waals surface area (Å²) in [6, 6.07) is 7.85. The molecule has 100 valence electrons. The number of hydrogen-bond donors (Lipinski definition) is 1. The predicted octanol–water partition coefficient (Wildman–Crippen LogP) is 2.93. The number of benzene rings is 1. The lowest BCUT2D eigenvalue weighted by Crippen LogP contribution is -2.26. The molecule has 0 saturated carbocycles. The Labute approximate surface area is 110 Å². The van der Waals surface area contributed by atoms with Gasteiger partial charge in [-0.05, 0) is 37.0 Å². The van der Waals surface area contributed by atoms with Gasteiger partial charge in [-0.25, -0.2) is 0 Å². The van der Waals surface area contributed by atoms with Crippen molar-refractivity contribution in [3.63, 3.8) is 0 Å². The zero-order valence-corrected chi connectivity index (χ0v) is 11.5. The SMILES string of the molecule is Cc1cccc(OCCC(=O)NCCC(C)C)c1. The van der Waals surface area contributed by atoms with Crippen molar-refractivity contribution in [2.75, 3.05) is 13.2 Å². The van der Waals surface area contributed by atoms with Crippen LogP contribution in [0.5, 0.6) is 5.75 Å². The van der Waals surface area contributed by atoms with Crippen LogP contribution in [0.25, 0.3) is 0 Å². The molecule has 0 atom stereocenters. The van der Waals surface area contributed by atoms with E-state index in [1.165, 1.54) is 0 Å². The Morgan fingerprint density at radius 3 is 2.83 bits per heavy atom. The molecular formula is C15H23NO2. The number of rotatable bonds is 7. The van der Waals surface area contributed by atoms with E-state index >= 15 is 0 Å². The first-order valence-electron chi connectivity index (χ1n) is 6.54. The van der Waals surface area contributed by atoms with Gasteiger partial charge in [0.2, 0.25) is 5.91 Å². The number of amides is 1. The number of carbonyl (C=O) groups excluding carboxylic acids is 1. The van der Waals surface area contributed by atoms with E-state index in [0.717, 1.165) is 24.3 Å². The van der Waals surface area contributed by atoms with Crippen molar-refractivity contribution in [2.45, 2.75) is 33.6 Å². The van der Waals surface area contributed by atoms with Gasteiger partial charge >= 0.3 is 0 Å². The van der Waals surface area contributed by atoms with Crippen LogP contribution >= 0.6 is 0 Å². The quantitative estimate of drug-likeness (QED) is 0.807. The van der Waals surface area contributed by atoms with Crippen molar-refractivity contribution < 1.29 is 9.53 Å². The Morgan fingerprint density at radius 1 is 1.39 bits per heavy atom. The molecule has 0 radical (unpaired) electrons. The van der Waals surface area contributed by atoms with E-state index in [1.54, 1.807) is 0 Å². The number of carbonyl (C=O) groups is 1. The smallest absolute Gasteiger partial charge is 0.223 e. The maximum Gasteiger partial charge on any atom is 0.223 e. The van der Waals surface area contributed by atoms with Gasteiger partial charge in [-0.2, -0.15) is 0 Å². The van der Waals surface area contributed by atoms with E-state index in [2.05, 4.69) is 19.2 Å². The Hall–Kier alpha value is -1.51. The van der Waals surface area contributed by atoms with Gasteiger partial charge in [0.05, 0.1) is 13.0 Å². The van der Waals surface area contributed by atoms with Crippen molar-refractivity contribution in [1.29, 1.82) is 0 Å². The molecule has 0 saturated heterocycles. The molecule has 0 unspecified atom stereocenters. The van der Waals surface area contributed by atoms with E-state index in [0.29, 0.717) is 18.9 Å². The van der Waals surface area contributed by atoms with E-state index in [1.807, 2.05) is 31.2 Å². The van der Waals surface area contributed by atoms with Crippen molar-refractivity contribution in [3.8, 4) is 5.75 Å². The Morgan fingerprint density at radius 2 is 2.17 bits per heavy atom. The molecule has 1 amide bonds. The first-order chi connectivity index (χ1) is 8.58. The summed E-state index contributed by atoms with van der Waals surface area (Å²) in [6.07, 6.45) is 1.43. The largest absolute Gasteiger partial charge is 0.493 e. The molecule has 0 aliphatic heterocycles. The van der Waals surface area contributed by atoms with Crippen LogP contribution in [0.2, 0.25) is 0 Å². The molecule has 1 aromatic carbocycles. The van der Waals surface area contributed by atoms with Crippen LogP contribution < -0.4 is 10.1 Å². The third-order valence-corrected chi connectivity index (χ3v) is 2.63. The second kappa shape index (κ2) is 7.75. The van der Waals surface area contributed by atoms with Crippen LogP contribution in [0.15, 0.2) is 24.3 Å². The second-order valence-electron chi connectivity index (χ2n) is 4.95. The summed E-state index contributed by atoms with van der Waals surface area (Å²) in [5, 5.41) is 2.89. The standard InChI is InChI=1S/C15H23NO2/c1-12(2)7-9-16-15(17)8-10-18-14-6-4-5-13(3)11-14/h4-6,11-12H,7-10H2,1-3H3,(H,16,17). The van der Waals surface area contributed by atoms with Crippen LogP contribution in [0, 0.1) is 12.8 Å². The molecule has 3 heteroatoms. The molecule has 1 rings (SSSR count). The van der Waals surface area contributed by atoms with Crippen LogP contribution in [0.1, 0.15) is 32.3 Å². The van der Waals surface area contributed by atoms with E-state index in [-0.39, 0.29) is 5.91 Å². The van der Waals surface area contributed by atoms with Gasteiger partial charge in [0.1, 0.15) is 5.75 Å². The number of aryl methyl sites for hydroxylation is 1. The fraction of sp³-hybridized carbons (Fsp3) is 0.533. The highest BCUT2D eigenvalue weighted by Crippen LogP contribution is 2.12. The first-order valence-corrected chi connectivity index (χ1v) is 6.54. The maximum absolute atomic E-state index is 11.5. The van der Waals surface area contributed by atoms with Gasteiger partial charge in [0.25, 0.3) is 0 Å². The Kier molecular flexibility index (Phi) is 6.26. The van der Waals surface area contributed by atoms with Crippen LogP contribution in [0.4, 0.5) is 0 Å². The van der Waals surface area contributed by atoms with E-state index < -0.39 is 0 Å². The number of nitrogens with one attached hydrogen (secondary N) is 1. The lowest BCUT2D eigenvalue weighted by atomic mass is 10.1. The molecule has 1 N–H and O–H groups in total. The van der Waals surface area contributed by atoms with Crippen molar-refractivity contribution in [2.24, 2.45) is 5.92 Å². The average molecular weight is 249 g/mol. The number of hydrogen-bond acceptors (Lipinski definition) is 2. The molecule has 1 aromatic rings. The first kappa shape index (κ1) is 14.6. The number of ether oxygens (including phenoxy) is 1. The predicted molar refractivity (Wildman–Crippen MR) is 73.8 cm³/mol. The van der Waals surface area contributed by atoms with Crippen molar-refractivity contribution in [3.05, 3.63) is 29.8 Å². The van der Waals surface area contributed by atoms with Gasteiger partial charge in [0, 0.05) is 6.54 Å². The van der Waals surface area contributed by atoms with Crippen molar-refractivity contribution in [1.82, 2.24) is 5.32 Å². The molecule has 0 aliphatic rings. The third-order valence-electron chi connectivity index (χ3n) is 2.63. The van der Waals surface area contributed by atoms with Gasteiger partial charge < -0.3 is 10.1 Å². The molecule has 3 nitrogen and oxygen atoms in total. The molecule has 0 fully saturated rings. The van der Waals surface area contributed by atoms with Crippen LogP contribution in [0.3, 0.4) is 0 Å². The molecule has 0 aliphatic carbocycles. The molecule has 0 spiro atoms. The molecular weight excluding hydrogens is 226 g/mol. The highest BCUT2D eigenvalue weighted by Gasteiger charge is 2.02. The summed E-state index contributed by atoms with van der Waals surface area (Å²) in [5.74, 6) is 1.50. The minimum Gasteiger partial charge on any atom is -0.493 e. The highest BCUT2D eigenvalue weighted by molar-refractivity contribution is 5.75. The zero-order valence-electron chi connectivity index (χ0n) is 11.5. The Balaban J connectivity index is 2.15. The molecule has 18 heavy (non-hydrogen) atoms. The highest BCUT2D eigenvalue weighted by atomic mass is 16.5. The summed E-state index contributed by atoms with van der Waals surface area (Å²) in [6.45, 7) is 7.49. The minimum atomic E-state index is 0.0586. The second-order valence-corrected chi connectivity index (χ2v) is 4.95. The molecule has 0 aromatic heterocycles. The van der Waals surface area contributed by atoms with E-state index in [4.69, 9.17) is 4.74 Å². The molecule has 0 bridgehead atoms.